The zero-order chi connectivity index (χ0) is 24.2. The Hall–Kier alpha value is -2.68. The molecule has 0 radical (unpaired) electrons. The zero-order valence-electron chi connectivity index (χ0n) is 20.7. The molecule has 35 heavy (non-hydrogen) atoms. The van der Waals surface area contributed by atoms with Crippen LogP contribution in [0, 0.1) is 11.8 Å². The number of likely N-dealkylation sites (tertiary alicyclic amines) is 1. The minimum Gasteiger partial charge on any atom is -0.492 e. The van der Waals surface area contributed by atoms with E-state index in [1.165, 1.54) is 21.3 Å². The second-order valence-electron chi connectivity index (χ2n) is 8.81. The van der Waals surface area contributed by atoms with Gasteiger partial charge in [-0.1, -0.05) is 12.1 Å². The smallest absolute Gasteiger partial charge is 0.257 e. The van der Waals surface area contributed by atoms with E-state index in [1.807, 2.05) is 29.2 Å². The van der Waals surface area contributed by atoms with E-state index in [9.17, 15) is 4.79 Å². The summed E-state index contributed by atoms with van der Waals surface area (Å²) >= 11 is 0. The normalized spacial score (nSPS) is 20.7. The van der Waals surface area contributed by atoms with Crippen molar-refractivity contribution in [2.45, 2.75) is 25.4 Å². The monoisotopic (exact) mass is 506 g/mol. The van der Waals surface area contributed by atoms with Gasteiger partial charge in [0.15, 0.2) is 11.5 Å². The van der Waals surface area contributed by atoms with E-state index in [4.69, 9.17) is 29.4 Å². The summed E-state index contributed by atoms with van der Waals surface area (Å²) in [5.41, 5.74) is 7.15. The largest absolute Gasteiger partial charge is 0.492 e. The molecule has 4 rings (SSSR count). The van der Waals surface area contributed by atoms with Crippen molar-refractivity contribution < 1.29 is 28.5 Å². The lowest BCUT2D eigenvalue weighted by molar-refractivity contribution is -0.0114. The first-order valence-corrected chi connectivity index (χ1v) is 11.7. The molecule has 1 aliphatic carbocycles. The number of fused-ring (bicyclic) bond motifs is 2. The first-order valence-electron chi connectivity index (χ1n) is 11.7. The van der Waals surface area contributed by atoms with Crippen LogP contribution in [0.25, 0.3) is 0 Å². The van der Waals surface area contributed by atoms with Crippen LogP contribution < -0.4 is 24.7 Å². The van der Waals surface area contributed by atoms with E-state index in [0.29, 0.717) is 65.8 Å². The van der Waals surface area contributed by atoms with Gasteiger partial charge in [-0.05, 0) is 43.5 Å². The van der Waals surface area contributed by atoms with Gasteiger partial charge >= 0.3 is 0 Å². The van der Waals surface area contributed by atoms with Crippen molar-refractivity contribution in [1.82, 2.24) is 4.90 Å². The number of nitrogens with two attached hydrogens (primary N) is 1. The van der Waals surface area contributed by atoms with E-state index < -0.39 is 0 Å². The molecule has 2 bridgehead atoms. The first kappa shape index (κ1) is 26.9. The van der Waals surface area contributed by atoms with E-state index in [-0.39, 0.29) is 24.4 Å². The summed E-state index contributed by atoms with van der Waals surface area (Å²) < 4.78 is 28.7. The van der Waals surface area contributed by atoms with E-state index >= 15 is 0 Å². The minimum atomic E-state index is -0.118. The van der Waals surface area contributed by atoms with E-state index in [2.05, 4.69) is 0 Å². The van der Waals surface area contributed by atoms with Gasteiger partial charge in [-0.3, -0.25) is 4.79 Å². The van der Waals surface area contributed by atoms with Crippen molar-refractivity contribution >= 4 is 18.3 Å². The van der Waals surface area contributed by atoms with E-state index in [0.717, 1.165) is 24.8 Å². The molecule has 0 aromatic heterocycles. The Morgan fingerprint density at radius 1 is 0.943 bits per heavy atom. The van der Waals surface area contributed by atoms with E-state index in [1.54, 1.807) is 13.2 Å². The third-order valence-corrected chi connectivity index (χ3v) is 6.89. The molecule has 2 N–H and O–H groups in total. The average Bonchev–Trinajstić information content (AvgIpc) is 3.11. The maximum absolute atomic E-state index is 13.7. The molecule has 0 spiro atoms. The van der Waals surface area contributed by atoms with Gasteiger partial charge in [0.1, 0.15) is 5.75 Å². The molecule has 3 atom stereocenters. The van der Waals surface area contributed by atoms with Crippen molar-refractivity contribution in [3.05, 3.63) is 41.5 Å². The summed E-state index contributed by atoms with van der Waals surface area (Å²) in [6, 6.07) is 9.36. The summed E-state index contributed by atoms with van der Waals surface area (Å²) in [6.07, 6.45) is 3.16. The highest BCUT2D eigenvalue weighted by atomic mass is 35.5. The van der Waals surface area contributed by atoms with Crippen molar-refractivity contribution in [1.29, 1.82) is 0 Å². The molecule has 1 aliphatic heterocycles. The van der Waals surface area contributed by atoms with Gasteiger partial charge in [-0.2, -0.15) is 0 Å². The molecule has 1 unspecified atom stereocenters. The van der Waals surface area contributed by atoms with Gasteiger partial charge < -0.3 is 34.3 Å². The summed E-state index contributed by atoms with van der Waals surface area (Å²) in [6.45, 7) is 1.90. The lowest BCUT2D eigenvalue weighted by Gasteiger charge is -2.37. The molecule has 1 heterocycles. The molecule has 2 aromatic carbocycles. The first-order chi connectivity index (χ1) is 16.5. The molecule has 2 aliphatic rings. The van der Waals surface area contributed by atoms with Gasteiger partial charge in [-0.25, -0.2) is 0 Å². The van der Waals surface area contributed by atoms with Gasteiger partial charge in [0.25, 0.3) is 5.91 Å². The fraction of sp³-hybridized carbons (Fsp3) is 0.500. The van der Waals surface area contributed by atoms with Crippen LogP contribution in [0.4, 0.5) is 0 Å². The van der Waals surface area contributed by atoms with Crippen LogP contribution >= 0.6 is 12.4 Å². The van der Waals surface area contributed by atoms with Crippen LogP contribution in [0.5, 0.6) is 28.7 Å². The number of ether oxygens (including phenoxy) is 5. The molecule has 8 nitrogen and oxygen atoms in total. The Labute approximate surface area is 213 Å². The minimum absolute atomic E-state index is 0. The Kier molecular flexibility index (Phi) is 9.10. The second-order valence-corrected chi connectivity index (χ2v) is 8.81. The quantitative estimate of drug-likeness (QED) is 0.551. The number of hydrogen-bond acceptors (Lipinski definition) is 7. The van der Waals surface area contributed by atoms with Crippen molar-refractivity contribution in [3.8, 4) is 28.7 Å². The highest BCUT2D eigenvalue weighted by molar-refractivity contribution is 5.99. The summed E-state index contributed by atoms with van der Waals surface area (Å²) in [5, 5.41) is 0. The Morgan fingerprint density at radius 3 is 2.06 bits per heavy atom. The van der Waals surface area contributed by atoms with Crippen LogP contribution in [0.1, 0.15) is 28.8 Å². The zero-order valence-corrected chi connectivity index (χ0v) is 21.6. The average molecular weight is 507 g/mol. The van der Waals surface area contributed by atoms with Crippen LogP contribution in [0.2, 0.25) is 0 Å². The molecule has 192 valence electrons. The Bertz CT molecular complexity index is 1000. The number of benzene rings is 2. The fourth-order valence-corrected chi connectivity index (χ4v) is 5.33. The topological polar surface area (TPSA) is 92.5 Å². The molecule has 1 amide bonds. The number of piperidine rings is 1. The molecule has 2 fully saturated rings. The summed E-state index contributed by atoms with van der Waals surface area (Å²) in [7, 11) is 6.33. The summed E-state index contributed by atoms with van der Waals surface area (Å²) in [4.78, 5) is 15.6. The number of methoxy groups -OCH3 is 4. The third kappa shape index (κ3) is 5.29. The molecule has 2 aromatic rings. The van der Waals surface area contributed by atoms with Crippen LogP contribution in [0.3, 0.4) is 0 Å². The van der Waals surface area contributed by atoms with Crippen molar-refractivity contribution in [3.63, 3.8) is 0 Å². The number of amides is 1. The molecular formula is C26H35ClN2O6. The lowest BCUT2D eigenvalue weighted by atomic mass is 9.94. The SMILES string of the molecule is COc1c(Oc2ccc(CCN)cc2)cc(C(=O)N2C[C@H]3CC[C@@H](C2)C3OC)c(OC)c1OC.Cl. The number of nitrogens with zero attached hydrogens (tertiary/aromatic N) is 1. The van der Waals surface area contributed by atoms with Crippen LogP contribution in [-0.4, -0.2) is 65.0 Å². The van der Waals surface area contributed by atoms with Crippen molar-refractivity contribution in [2.75, 3.05) is 48.1 Å². The standard InChI is InChI=1S/C26H34N2O6.ClH/c1-30-22-17-7-8-18(22)15-28(14-17)26(29)20-13-21(24(32-3)25(33-4)23(20)31-2)34-19-9-5-16(6-10-19)11-12-27;/h5-6,9-10,13,17-18,22H,7-8,11-12,14-15,27H2,1-4H3;1H/t17-,18+,22?;. The van der Waals surface area contributed by atoms with Crippen LogP contribution in [-0.2, 0) is 11.2 Å². The number of halogens is 1. The number of rotatable bonds is 9. The third-order valence-electron chi connectivity index (χ3n) is 6.89. The number of carbonyl (C=O) groups is 1. The second kappa shape index (κ2) is 11.8. The summed E-state index contributed by atoms with van der Waals surface area (Å²) in [5.74, 6) is 2.58. The molecule has 9 heteroatoms. The highest BCUT2D eigenvalue weighted by Gasteiger charge is 2.44. The maximum atomic E-state index is 13.7. The molecule has 1 saturated heterocycles. The lowest BCUT2D eigenvalue weighted by Crippen LogP contribution is -2.48. The van der Waals surface area contributed by atoms with Gasteiger partial charge in [0, 0.05) is 38.1 Å². The number of carbonyl (C=O) groups excluding carboxylic acids is 1. The predicted molar refractivity (Wildman–Crippen MR) is 136 cm³/mol. The fourth-order valence-electron chi connectivity index (χ4n) is 5.33. The number of hydrogen-bond donors (Lipinski definition) is 1. The predicted octanol–water partition coefficient (Wildman–Crippen LogP) is 3.92. The Balaban J connectivity index is 0.00000342. The van der Waals surface area contributed by atoms with Gasteiger partial charge in [0.05, 0.1) is 33.0 Å². The molecular weight excluding hydrogens is 472 g/mol. The molecule has 1 saturated carbocycles. The Morgan fingerprint density at radius 2 is 1.54 bits per heavy atom. The van der Waals surface area contributed by atoms with Crippen molar-refractivity contribution in [2.24, 2.45) is 17.6 Å². The van der Waals surface area contributed by atoms with Crippen LogP contribution in [0.15, 0.2) is 30.3 Å². The van der Waals surface area contributed by atoms with Gasteiger partial charge in [0.2, 0.25) is 11.5 Å². The maximum Gasteiger partial charge on any atom is 0.257 e. The van der Waals surface area contributed by atoms with Gasteiger partial charge in [-0.15, -0.1) is 12.4 Å². The highest BCUT2D eigenvalue weighted by Crippen LogP contribution is 2.49.